The zero-order valence-electron chi connectivity index (χ0n) is 23.4. The summed E-state index contributed by atoms with van der Waals surface area (Å²) in [5, 5.41) is 31.3. The lowest BCUT2D eigenvalue weighted by molar-refractivity contribution is 0.0378. The summed E-state index contributed by atoms with van der Waals surface area (Å²) in [5.74, 6) is 1.87. The summed E-state index contributed by atoms with van der Waals surface area (Å²) in [7, 11) is 0. The third-order valence-electron chi connectivity index (χ3n) is 7.26. The molecular formula is C29H40N8O3. The highest BCUT2D eigenvalue weighted by Gasteiger charge is 2.17. The van der Waals surface area contributed by atoms with Gasteiger partial charge in [-0.25, -0.2) is 9.67 Å². The van der Waals surface area contributed by atoms with Gasteiger partial charge in [0, 0.05) is 50.4 Å². The van der Waals surface area contributed by atoms with Crippen LogP contribution in [0.3, 0.4) is 0 Å². The van der Waals surface area contributed by atoms with Crippen LogP contribution in [0.2, 0.25) is 0 Å². The molecule has 0 aliphatic carbocycles. The van der Waals surface area contributed by atoms with E-state index in [1.807, 2.05) is 23.9 Å². The van der Waals surface area contributed by atoms with E-state index in [2.05, 4.69) is 55.3 Å². The van der Waals surface area contributed by atoms with Crippen molar-refractivity contribution in [1.29, 1.82) is 0 Å². The van der Waals surface area contributed by atoms with E-state index < -0.39 is 0 Å². The van der Waals surface area contributed by atoms with Crippen LogP contribution in [0.1, 0.15) is 35.9 Å². The van der Waals surface area contributed by atoms with Crippen LogP contribution >= 0.6 is 0 Å². The van der Waals surface area contributed by atoms with Gasteiger partial charge in [-0.1, -0.05) is 6.07 Å². The second-order valence-corrected chi connectivity index (χ2v) is 10.2. The number of nitrogens with one attached hydrogen (secondary N) is 2. The first-order valence-corrected chi connectivity index (χ1v) is 14.1. The number of aliphatic hydroxyl groups is 1. The van der Waals surface area contributed by atoms with Crippen molar-refractivity contribution in [2.24, 2.45) is 0 Å². The van der Waals surface area contributed by atoms with E-state index in [9.17, 15) is 10.2 Å². The van der Waals surface area contributed by atoms with E-state index in [-0.39, 0.29) is 12.4 Å². The van der Waals surface area contributed by atoms with Crippen LogP contribution in [0.15, 0.2) is 36.5 Å². The molecule has 4 heterocycles. The molecule has 4 aromatic rings. The van der Waals surface area contributed by atoms with Crippen molar-refractivity contribution in [1.82, 2.24) is 29.2 Å². The Morgan fingerprint density at radius 1 is 1.05 bits per heavy atom. The third kappa shape index (κ3) is 6.55. The molecule has 0 radical (unpaired) electrons. The van der Waals surface area contributed by atoms with Crippen LogP contribution in [0, 0.1) is 6.92 Å². The number of aliphatic hydroxyl groups excluding tert-OH is 1. The largest absolute Gasteiger partial charge is 0.506 e. The van der Waals surface area contributed by atoms with Crippen LogP contribution in [-0.2, 0) is 24.2 Å². The van der Waals surface area contributed by atoms with E-state index in [1.54, 1.807) is 6.07 Å². The average molecular weight is 549 g/mol. The molecule has 3 aromatic heterocycles. The Labute approximate surface area is 234 Å². The summed E-state index contributed by atoms with van der Waals surface area (Å²) < 4.78 is 9.48. The minimum atomic E-state index is 0.0571. The number of aromatic hydroxyl groups is 1. The Kier molecular flexibility index (Phi) is 9.15. The molecule has 1 aliphatic rings. The number of hydrogen-bond donors (Lipinski definition) is 4. The molecule has 1 fully saturated rings. The van der Waals surface area contributed by atoms with Crippen molar-refractivity contribution in [2.75, 3.05) is 63.2 Å². The summed E-state index contributed by atoms with van der Waals surface area (Å²) in [6.07, 6.45) is 3.57. The number of benzene rings is 1. The first-order chi connectivity index (χ1) is 19.6. The number of aryl methyl sites for hydroxylation is 2. The summed E-state index contributed by atoms with van der Waals surface area (Å²) >= 11 is 0. The van der Waals surface area contributed by atoms with Crippen LogP contribution in [0.25, 0.3) is 11.0 Å². The molecule has 4 N–H and O–H groups in total. The van der Waals surface area contributed by atoms with Gasteiger partial charge in [-0.3, -0.25) is 9.88 Å². The van der Waals surface area contributed by atoms with E-state index in [0.29, 0.717) is 25.2 Å². The molecule has 214 valence electrons. The summed E-state index contributed by atoms with van der Waals surface area (Å²) in [6.45, 7) is 11.0. The molecule has 1 aliphatic heterocycles. The lowest BCUT2D eigenvalue weighted by Crippen LogP contribution is -2.37. The van der Waals surface area contributed by atoms with Gasteiger partial charge in [0.05, 0.1) is 43.6 Å². The third-order valence-corrected chi connectivity index (χ3v) is 7.26. The van der Waals surface area contributed by atoms with Gasteiger partial charge in [-0.05, 0) is 56.6 Å². The number of fused-ring (bicyclic) bond motifs is 1. The topological polar surface area (TPSA) is 126 Å². The number of hydrogen-bond acceptors (Lipinski definition) is 9. The number of aromatic nitrogens is 5. The van der Waals surface area contributed by atoms with Crippen molar-refractivity contribution in [2.45, 2.75) is 39.8 Å². The second kappa shape index (κ2) is 13.1. The number of nitrogens with zero attached hydrogens (tertiary/aromatic N) is 6. The Morgan fingerprint density at radius 2 is 1.90 bits per heavy atom. The summed E-state index contributed by atoms with van der Waals surface area (Å²) in [6, 6.07) is 9.82. The number of anilines is 2. The number of ether oxygens (including phenoxy) is 1. The van der Waals surface area contributed by atoms with Crippen LogP contribution in [0.4, 0.5) is 11.8 Å². The Balaban J connectivity index is 1.41. The lowest BCUT2D eigenvalue weighted by atomic mass is 10.1. The van der Waals surface area contributed by atoms with Gasteiger partial charge >= 0.3 is 0 Å². The fourth-order valence-electron chi connectivity index (χ4n) is 5.16. The molecule has 11 nitrogen and oxygen atoms in total. The Hall–Kier alpha value is -3.67. The van der Waals surface area contributed by atoms with Gasteiger partial charge in [-0.15, -0.1) is 0 Å². The fraction of sp³-hybridized carbons (Fsp3) is 0.483. The van der Waals surface area contributed by atoms with Gasteiger partial charge in [-0.2, -0.15) is 5.10 Å². The molecule has 0 spiro atoms. The number of pyridine rings is 1. The normalized spacial score (nSPS) is 14.2. The van der Waals surface area contributed by atoms with Crippen molar-refractivity contribution < 1.29 is 14.9 Å². The van der Waals surface area contributed by atoms with Gasteiger partial charge in [0.25, 0.3) is 0 Å². The van der Waals surface area contributed by atoms with Gasteiger partial charge in [0.1, 0.15) is 17.3 Å². The molecule has 1 saturated heterocycles. The zero-order valence-corrected chi connectivity index (χ0v) is 23.4. The predicted octanol–water partition coefficient (Wildman–Crippen LogP) is 2.84. The average Bonchev–Trinajstić information content (AvgIpc) is 3.52. The molecule has 0 amide bonds. The van der Waals surface area contributed by atoms with Crippen LogP contribution in [0.5, 0.6) is 5.75 Å². The van der Waals surface area contributed by atoms with Crippen molar-refractivity contribution in [3.63, 3.8) is 0 Å². The van der Waals surface area contributed by atoms with E-state index in [1.165, 1.54) is 0 Å². The zero-order chi connectivity index (χ0) is 27.9. The quantitative estimate of drug-likeness (QED) is 0.187. The summed E-state index contributed by atoms with van der Waals surface area (Å²) in [4.78, 5) is 12.0. The smallest absolute Gasteiger partial charge is 0.204 e. The van der Waals surface area contributed by atoms with Crippen molar-refractivity contribution in [3.8, 4) is 5.75 Å². The van der Waals surface area contributed by atoms with Crippen LogP contribution in [-0.4, -0.2) is 92.0 Å². The first kappa shape index (κ1) is 27.9. The standard InChI is InChI=1S/C29H40N8O3/c1-3-37-28(30-10-14-38)23(19-32-37)17-22-6-7-24-26(18-22)36(20-25-27(39)8-5-21(2)33-25)29(34-24)31-9-4-11-35-12-15-40-16-13-35/h5-8,18-19,30,38-39H,3-4,9-17,20H2,1-2H3,(H,31,34). The lowest BCUT2D eigenvalue weighted by Gasteiger charge is -2.26. The first-order valence-electron chi connectivity index (χ1n) is 14.1. The maximum Gasteiger partial charge on any atom is 0.204 e. The van der Waals surface area contributed by atoms with Crippen molar-refractivity contribution in [3.05, 3.63) is 59.0 Å². The summed E-state index contributed by atoms with van der Waals surface area (Å²) in [5.41, 5.74) is 5.52. The van der Waals surface area contributed by atoms with E-state index in [0.717, 1.165) is 92.0 Å². The molecule has 40 heavy (non-hydrogen) atoms. The molecular weight excluding hydrogens is 508 g/mol. The molecule has 0 unspecified atom stereocenters. The van der Waals surface area contributed by atoms with E-state index >= 15 is 0 Å². The SMILES string of the molecule is CCn1ncc(Cc2ccc3nc(NCCCN4CCOCC4)n(Cc4nc(C)ccc4O)c3c2)c1NCCO. The minimum absolute atomic E-state index is 0.0571. The Bertz CT molecular complexity index is 1410. The van der Waals surface area contributed by atoms with Crippen molar-refractivity contribution >= 4 is 22.8 Å². The fourth-order valence-corrected chi connectivity index (χ4v) is 5.16. The van der Waals surface area contributed by atoms with Gasteiger partial charge in [0.15, 0.2) is 0 Å². The molecule has 1 aromatic carbocycles. The Morgan fingerprint density at radius 3 is 2.70 bits per heavy atom. The second-order valence-electron chi connectivity index (χ2n) is 10.2. The molecule has 0 atom stereocenters. The molecule has 5 rings (SSSR count). The van der Waals surface area contributed by atoms with Crippen LogP contribution < -0.4 is 10.6 Å². The molecule has 11 heteroatoms. The molecule has 0 saturated carbocycles. The minimum Gasteiger partial charge on any atom is -0.506 e. The predicted molar refractivity (Wildman–Crippen MR) is 156 cm³/mol. The monoisotopic (exact) mass is 548 g/mol. The highest BCUT2D eigenvalue weighted by molar-refractivity contribution is 5.80. The highest BCUT2D eigenvalue weighted by Crippen LogP contribution is 2.27. The maximum absolute atomic E-state index is 10.6. The van der Waals surface area contributed by atoms with E-state index in [4.69, 9.17) is 9.72 Å². The highest BCUT2D eigenvalue weighted by atomic mass is 16.5. The molecule has 0 bridgehead atoms. The van der Waals surface area contributed by atoms with Gasteiger partial charge < -0.3 is 30.2 Å². The number of rotatable bonds is 13. The number of imidazole rings is 1. The number of morpholine rings is 1. The van der Waals surface area contributed by atoms with Gasteiger partial charge in [0.2, 0.25) is 5.95 Å². The maximum atomic E-state index is 10.6.